The fourth-order valence-electron chi connectivity index (χ4n) is 12.6. The lowest BCUT2D eigenvalue weighted by molar-refractivity contribution is 0.101. The average Bonchev–Trinajstić information content (AvgIpc) is 1.69. The summed E-state index contributed by atoms with van der Waals surface area (Å²) in [5.41, 5.74) is -8.18. The Bertz CT molecular complexity index is 11100. The number of carbonyl (C=O) groups excluding carboxylic acids is 4. The number of anilines is 4. The second kappa shape index (κ2) is 44.5. The molecule has 0 aliphatic heterocycles. The summed E-state index contributed by atoms with van der Waals surface area (Å²) in [6, 6.07) is -4.05. The molecule has 0 spiro atoms. The van der Waals surface area contributed by atoms with Gasteiger partial charge in [-0.1, -0.05) is 24.2 Å². The predicted octanol–water partition coefficient (Wildman–Crippen LogP) is 21.5. The van der Waals surface area contributed by atoms with Crippen molar-refractivity contribution in [3.63, 3.8) is 0 Å². The van der Waals surface area contributed by atoms with Gasteiger partial charge in [-0.05, 0) is 344 Å². The molecule has 144 heavy (non-hydrogen) atoms. The Hall–Kier alpha value is -19.3. The van der Waals surface area contributed by atoms with Crippen LogP contribution in [0.3, 0.4) is 0 Å². The van der Waals surface area contributed by atoms with Gasteiger partial charge in [-0.3, -0.25) is 39.1 Å². The fraction of sp³-hybridized carbons (Fsp3) is 0.105. The number of amides is 4. The SMILES string of the molecule is [2H]c1nc(=Nc2c([2H])c(C(=O)Nc3c([2H])c(C)c([2H])c(-n4c([2H])cc(C)c4[2H])c3[2H])c([2H])c([2H])c2C([2H])([2H])[2H])[nH]c(-c2cccnc2)c1[2H].[2H]c1nc(=Nc2c([2H])c(C(=O)Nc3c([2H])c(C)c([2H])c(-n4c([2H])nc(C)c4[2H])c3[2H])c([2H])c([2H])c2C([2H])([2H])[2H])[nH]c(-c2cccnc2)c1[2H].[2H]c1nc(=Nc2c([2H])c(C(=O)Nc3c([2H])c(C)c([2H])c(-n4c([2H])nc(C)c4[2H])c3[2H])c([2H])c([2H])c2C)[nH]c(-c2cccnc2)c1[2H].[2H]c1nc(=Nc2c([2H])c(C(=O)Nc3c([2H])c(C)c([2H])c(-n4ccc(C)c4)c3[2H])c([2H])c([2H])c2C)[nH]c(-c2c([2H])nc([2H])c([2H])c2[2H])c1[2H]. The molecule has 20 rings (SSSR count). The van der Waals surface area contributed by atoms with Crippen molar-refractivity contribution in [3.05, 3.63) is 465 Å². The quantitative estimate of drug-likeness (QED) is 0.0352. The number of aromatic amines is 4. The van der Waals surface area contributed by atoms with Crippen LogP contribution in [0.5, 0.6) is 0 Å². The van der Waals surface area contributed by atoms with E-state index >= 15 is 0 Å². The van der Waals surface area contributed by atoms with E-state index in [-0.39, 0.29) is 198 Å². The van der Waals surface area contributed by atoms with Gasteiger partial charge >= 0.3 is 0 Å². The number of nitrogens with one attached hydrogen (secondary N) is 8. The van der Waals surface area contributed by atoms with Gasteiger partial charge in [0.2, 0.25) is 22.5 Å². The zero-order valence-electron chi connectivity index (χ0n) is 125. The number of rotatable bonds is 20. The molecular formula is C114H102N26O4. The molecule has 0 radical (unpaired) electrons. The van der Waals surface area contributed by atoms with Crippen molar-refractivity contribution in [1.29, 1.82) is 0 Å². The fourth-order valence-corrected chi connectivity index (χ4v) is 12.6. The highest BCUT2D eigenvalue weighted by molar-refractivity contribution is 6.07. The highest BCUT2D eigenvalue weighted by atomic mass is 16.2. The molecule has 8 aromatic carbocycles. The molecular weight excluding hydrogens is 1800 g/mol. The Morgan fingerprint density at radius 3 is 0.993 bits per heavy atom. The van der Waals surface area contributed by atoms with Crippen molar-refractivity contribution in [2.45, 2.75) is 82.9 Å². The minimum atomic E-state index is -3.12. The summed E-state index contributed by atoms with van der Waals surface area (Å²) in [7, 11) is 0. The van der Waals surface area contributed by atoms with Gasteiger partial charge < -0.3 is 59.5 Å². The van der Waals surface area contributed by atoms with E-state index in [2.05, 4.69) is 111 Å². The van der Waals surface area contributed by atoms with Crippen molar-refractivity contribution in [2.75, 3.05) is 21.3 Å². The maximum Gasteiger partial charge on any atom is 0.255 e. The topological polar surface area (TPSA) is 378 Å². The van der Waals surface area contributed by atoms with E-state index in [0.29, 0.717) is 22.3 Å². The van der Waals surface area contributed by atoms with E-state index in [1.807, 2.05) is 6.92 Å². The molecule has 0 aliphatic carbocycles. The number of H-pyrrole nitrogens is 4. The van der Waals surface area contributed by atoms with Crippen LogP contribution >= 0.6 is 0 Å². The van der Waals surface area contributed by atoms with Crippen LogP contribution in [0.15, 0.2) is 374 Å². The van der Waals surface area contributed by atoms with Gasteiger partial charge in [0, 0.05) is 210 Å². The highest BCUT2D eigenvalue weighted by Crippen LogP contribution is 2.31. The molecule has 0 atom stereocenters. The van der Waals surface area contributed by atoms with Gasteiger partial charge in [0.1, 0.15) is 2.74 Å². The maximum absolute atomic E-state index is 13.8. The summed E-state index contributed by atoms with van der Waals surface area (Å²) < 4.78 is 407. The summed E-state index contributed by atoms with van der Waals surface area (Å²) in [5, 5.41) is 9.39. The molecule has 30 nitrogen and oxygen atoms in total. The third-order valence-electron chi connectivity index (χ3n) is 19.2. The Kier molecular flexibility index (Phi) is 16.6. The van der Waals surface area contributed by atoms with Crippen molar-refractivity contribution in [1.82, 2.24) is 88.0 Å². The zero-order chi connectivity index (χ0) is 142. The van der Waals surface area contributed by atoms with E-state index in [1.54, 1.807) is 61.8 Å². The Morgan fingerprint density at radius 2 is 0.674 bits per heavy atom. The van der Waals surface area contributed by atoms with Gasteiger partial charge in [-0.25, -0.2) is 49.9 Å². The lowest BCUT2D eigenvalue weighted by Crippen LogP contribution is -2.14. The van der Waals surface area contributed by atoms with Crippen molar-refractivity contribution < 1.29 is 85.0 Å². The standard InChI is InChI=1S/2C29H26N6O.2C28H25N7O/c2*1-19-9-12-35(18-19)25-14-20(2)13-24(16-25)32-28(36)22-7-6-21(3)27(15-22)34-29-31-11-8-26(33-29)23-5-4-10-30-17-23;2*1-18-11-23(14-24(12-18)35-16-20(3)31-17-35)32-27(36)21-7-6-19(2)26(13-21)34-28-30-10-8-25(33-28)22-5-4-9-29-15-22/h2*4-18H,1-3H3,(H,32,36)(H,31,33,34);2*4-17H,1-3H3,(H,32,36)(H,30,33,34)/i4D,5D,6D,7D,8D,10D,11D,13D,14D,15D,16D,17D;3D3,6D,7D,8D,11D,12D,13D,14D,15D,16D,18D;2D3,6D,7D,8D,10D,11D,12D,13D,14D,16D,17D;6D,7D,8D,10D,11D,12D,13D,14D,16D,17D. The van der Waals surface area contributed by atoms with Crippen molar-refractivity contribution in [3.8, 4) is 67.8 Å². The minimum absolute atomic E-state index is 0.0159. The first-order valence-corrected chi connectivity index (χ1v) is 42.5. The number of nitrogens with zero attached hydrogens (tertiary/aromatic N) is 18. The summed E-state index contributed by atoms with van der Waals surface area (Å²) in [6.45, 7) is 8.51. The maximum atomic E-state index is 13.8. The molecule has 0 fully saturated rings. The van der Waals surface area contributed by atoms with Crippen LogP contribution in [0.2, 0.25) is 0 Å². The molecule has 0 unspecified atom stereocenters. The second-order valence-corrected chi connectivity index (χ2v) is 30.4. The number of imidazole rings is 2. The van der Waals surface area contributed by atoms with Crippen LogP contribution in [0, 0.1) is 82.9 Å². The molecule has 4 amide bonds. The molecule has 0 aliphatic rings. The molecule has 12 aromatic heterocycles. The lowest BCUT2D eigenvalue weighted by Gasteiger charge is -2.11. The van der Waals surface area contributed by atoms with Gasteiger partial charge in [-0.15, -0.1) is 0 Å². The third kappa shape index (κ3) is 25.2. The van der Waals surface area contributed by atoms with E-state index < -0.39 is 293 Å². The van der Waals surface area contributed by atoms with Crippen LogP contribution in [0.25, 0.3) is 67.8 Å². The van der Waals surface area contributed by atoms with E-state index in [1.165, 1.54) is 103 Å². The number of aromatic nitrogens is 18. The first-order valence-electron chi connectivity index (χ1n) is 66.5. The monoisotopic (exact) mass is 1950 g/mol. The molecule has 712 valence electrons. The molecule has 8 N–H and O–H groups in total. The molecule has 20 aromatic rings. The number of hydrogen-bond donors (Lipinski definition) is 8. The normalized spacial score (nSPS) is 16.3. The lowest BCUT2D eigenvalue weighted by atomic mass is 10.1. The van der Waals surface area contributed by atoms with Gasteiger partial charge in [-0.2, -0.15) is 0 Å². The molecule has 30 heteroatoms. The van der Waals surface area contributed by atoms with Gasteiger partial charge in [0.05, 0.1) is 124 Å². The van der Waals surface area contributed by atoms with Crippen molar-refractivity contribution >= 4 is 69.1 Å². The molecule has 12 heterocycles. The van der Waals surface area contributed by atoms with E-state index in [0.717, 1.165) is 19.3 Å². The van der Waals surface area contributed by atoms with Crippen LogP contribution in [0.4, 0.5) is 45.5 Å². The van der Waals surface area contributed by atoms with Crippen molar-refractivity contribution in [2.24, 2.45) is 20.0 Å². The minimum Gasteiger partial charge on any atom is -0.324 e. The average molecular weight is 1950 g/mol. The molecule has 0 saturated carbocycles. The number of carbonyl (C=O) groups is 4. The van der Waals surface area contributed by atoms with E-state index in [4.69, 9.17) is 65.8 Å². The largest absolute Gasteiger partial charge is 0.324 e. The zero-order valence-corrected chi connectivity index (χ0v) is 76.9. The third-order valence-corrected chi connectivity index (χ3v) is 19.2. The number of pyridine rings is 4. The second-order valence-electron chi connectivity index (χ2n) is 30.4. The Morgan fingerprint density at radius 1 is 0.326 bits per heavy atom. The first-order chi connectivity index (χ1) is 89.8. The molecule has 0 saturated heterocycles. The first kappa shape index (κ1) is 53.6. The predicted molar refractivity (Wildman–Crippen MR) is 561 cm³/mol. The van der Waals surface area contributed by atoms with Crippen LogP contribution in [0.1, 0.15) is 174 Å². The van der Waals surface area contributed by atoms with Crippen LogP contribution in [-0.4, -0.2) is 112 Å². The van der Waals surface area contributed by atoms with Crippen LogP contribution in [-0.2, 0) is 0 Å². The van der Waals surface area contributed by atoms with Crippen LogP contribution < -0.4 is 43.7 Å². The molecule has 0 bridgehead atoms. The Balaban J connectivity index is 0.000000167. The summed E-state index contributed by atoms with van der Waals surface area (Å²) in [4.78, 5) is 122. The summed E-state index contributed by atoms with van der Waals surface area (Å²) >= 11 is 0. The summed E-state index contributed by atoms with van der Waals surface area (Å²) in [6.07, 6.45) is 6.72. The smallest absolute Gasteiger partial charge is 0.255 e. The number of aryl methyl sites for hydroxylation is 4. The number of benzene rings is 8. The number of hydrogen-bond acceptors (Lipinski definition) is 18. The van der Waals surface area contributed by atoms with Gasteiger partial charge in [0.15, 0.2) is 0 Å². The highest BCUT2D eigenvalue weighted by Gasteiger charge is 2.18. The van der Waals surface area contributed by atoms with Gasteiger partial charge in [0.25, 0.3) is 23.6 Å². The Labute approximate surface area is 897 Å². The summed E-state index contributed by atoms with van der Waals surface area (Å²) in [5.74, 6) is -4.78. The van der Waals surface area contributed by atoms with E-state index in [9.17, 15) is 19.2 Å².